The van der Waals surface area contributed by atoms with Crippen LogP contribution in [0.1, 0.15) is 12.5 Å². The van der Waals surface area contributed by atoms with Gasteiger partial charge in [0.2, 0.25) is 5.82 Å². The number of hydrogen-bond donors (Lipinski definition) is 1. The molecule has 2 aromatic rings. The van der Waals surface area contributed by atoms with Crippen molar-refractivity contribution in [2.45, 2.75) is 13.8 Å². The summed E-state index contributed by atoms with van der Waals surface area (Å²) in [5, 5.41) is 13.5. The van der Waals surface area contributed by atoms with Crippen LogP contribution in [0.3, 0.4) is 0 Å². The monoisotopic (exact) mass is 311 g/mol. The van der Waals surface area contributed by atoms with Crippen LogP contribution in [0.15, 0.2) is 18.2 Å². The number of esters is 1. The molecule has 2 rings (SSSR count). The number of ether oxygens (including phenoxy) is 1. The predicted octanol–water partition coefficient (Wildman–Crippen LogP) is 1.50. The van der Waals surface area contributed by atoms with E-state index in [9.17, 15) is 14.4 Å². The van der Waals surface area contributed by atoms with Crippen molar-refractivity contribution in [2.24, 2.45) is 0 Å². The number of carbonyl (C=O) groups is 1. The first-order valence-electron chi connectivity index (χ1n) is 6.33. The van der Waals surface area contributed by atoms with Crippen LogP contribution in [0.2, 0.25) is 0 Å². The highest BCUT2D eigenvalue weighted by Crippen LogP contribution is 2.21. The summed E-state index contributed by atoms with van der Waals surface area (Å²) in [5.41, 5.74) is 1.20. The van der Waals surface area contributed by atoms with Gasteiger partial charge in [-0.1, -0.05) is 10.9 Å². The molecule has 6 nitrogen and oxygen atoms in total. The Balaban J connectivity index is 2.17. The van der Waals surface area contributed by atoms with E-state index < -0.39 is 5.82 Å². The van der Waals surface area contributed by atoms with Gasteiger partial charge in [-0.15, -0.1) is 5.10 Å². The van der Waals surface area contributed by atoms with E-state index in [0.717, 1.165) is 5.56 Å². The molecule has 0 saturated heterocycles. The number of benzene rings is 1. The van der Waals surface area contributed by atoms with Gasteiger partial charge in [-0.05, 0) is 40.1 Å². The van der Waals surface area contributed by atoms with Crippen molar-refractivity contribution in [1.82, 2.24) is 14.9 Å². The second kappa shape index (κ2) is 6.63. The van der Waals surface area contributed by atoms with Gasteiger partial charge in [-0.3, -0.25) is 4.79 Å². The predicted molar refractivity (Wildman–Crippen MR) is 76.8 cm³/mol. The van der Waals surface area contributed by atoms with Gasteiger partial charge < -0.3 is 9.94 Å². The van der Waals surface area contributed by atoms with E-state index in [2.05, 4.69) is 10.1 Å². The molecule has 21 heavy (non-hydrogen) atoms. The zero-order chi connectivity index (χ0) is 15.4. The lowest BCUT2D eigenvalue weighted by atomic mass is 10.1. The Morgan fingerprint density at radius 3 is 2.95 bits per heavy atom. The van der Waals surface area contributed by atoms with Crippen molar-refractivity contribution in [2.75, 3.05) is 12.8 Å². The van der Waals surface area contributed by atoms with Gasteiger partial charge >= 0.3 is 5.97 Å². The number of halogens is 1. The van der Waals surface area contributed by atoms with Gasteiger partial charge in [-0.2, -0.15) is 0 Å². The molecule has 1 atom stereocenters. The summed E-state index contributed by atoms with van der Waals surface area (Å²) >= 11 is 0. The molecule has 0 aliphatic rings. The first-order valence-corrected chi connectivity index (χ1v) is 7.54. The normalized spacial score (nSPS) is 11.2. The number of hydrogen-bond acceptors (Lipinski definition) is 5. The fourth-order valence-electron chi connectivity index (χ4n) is 1.71. The number of rotatable bonds is 5. The minimum Gasteiger partial charge on any atom is -0.466 e. The van der Waals surface area contributed by atoms with Crippen LogP contribution in [0, 0.1) is 12.7 Å². The molecule has 1 unspecified atom stereocenters. The fourth-order valence-corrected chi connectivity index (χ4v) is 2.47. The van der Waals surface area contributed by atoms with Gasteiger partial charge in [0.1, 0.15) is 5.82 Å². The molecule has 8 heteroatoms. The molecule has 1 heterocycles. The van der Waals surface area contributed by atoms with Crippen molar-refractivity contribution in [1.29, 1.82) is 0 Å². The van der Waals surface area contributed by atoms with E-state index >= 15 is 0 Å². The third kappa shape index (κ3) is 3.76. The summed E-state index contributed by atoms with van der Waals surface area (Å²) in [4.78, 5) is 15.9. The van der Waals surface area contributed by atoms with Gasteiger partial charge in [0.25, 0.3) is 0 Å². The summed E-state index contributed by atoms with van der Waals surface area (Å²) in [7, 11) is -0.0488. The van der Waals surface area contributed by atoms with Crippen LogP contribution >= 0.6 is 8.58 Å². The zero-order valence-corrected chi connectivity index (χ0v) is 12.6. The molecule has 0 saturated carbocycles. The van der Waals surface area contributed by atoms with Crippen LogP contribution in [-0.4, -0.2) is 38.9 Å². The van der Waals surface area contributed by atoms with Crippen LogP contribution in [0.4, 0.5) is 4.39 Å². The van der Waals surface area contributed by atoms with Gasteiger partial charge in [0.05, 0.1) is 18.3 Å². The van der Waals surface area contributed by atoms with Crippen molar-refractivity contribution in [3.05, 3.63) is 29.6 Å². The lowest BCUT2D eigenvalue weighted by Gasteiger charge is -2.01. The molecule has 0 bridgehead atoms. The summed E-state index contributed by atoms with van der Waals surface area (Å²) in [6.07, 6.45) is 0.133. The topological polar surface area (TPSA) is 77.2 Å². The Bertz CT molecular complexity index is 660. The zero-order valence-electron chi connectivity index (χ0n) is 11.6. The van der Waals surface area contributed by atoms with E-state index in [1.807, 2.05) is 0 Å². The molecular formula is C13H15FN3O3P. The summed E-state index contributed by atoms with van der Waals surface area (Å²) in [6, 6.07) is 4.60. The van der Waals surface area contributed by atoms with Crippen LogP contribution < -0.4 is 5.57 Å². The number of aromatic nitrogens is 3. The van der Waals surface area contributed by atoms with Crippen LogP contribution in [-0.2, 0) is 9.53 Å². The third-order valence-corrected chi connectivity index (χ3v) is 3.65. The Hall–Kier alpha value is -2.01. The molecule has 0 amide bonds. The maximum atomic E-state index is 13.9. The lowest BCUT2D eigenvalue weighted by molar-refractivity contribution is -0.139. The van der Waals surface area contributed by atoms with E-state index in [-0.39, 0.29) is 37.7 Å². The van der Waals surface area contributed by atoms with E-state index in [1.54, 1.807) is 19.9 Å². The lowest BCUT2D eigenvalue weighted by Crippen LogP contribution is -2.10. The summed E-state index contributed by atoms with van der Waals surface area (Å²) in [6.45, 7) is 3.80. The highest BCUT2D eigenvalue weighted by Gasteiger charge is 2.16. The van der Waals surface area contributed by atoms with E-state index in [0.29, 0.717) is 11.5 Å². The Labute approximate surface area is 122 Å². The Kier molecular flexibility index (Phi) is 4.85. The van der Waals surface area contributed by atoms with Crippen molar-refractivity contribution < 1.29 is 19.1 Å². The van der Waals surface area contributed by atoms with Gasteiger partial charge in [-0.25, -0.2) is 9.37 Å². The number of nitrogens with zero attached hydrogens (tertiary/aromatic N) is 3. The van der Waals surface area contributed by atoms with E-state index in [1.165, 1.54) is 12.1 Å². The average molecular weight is 311 g/mol. The minimum absolute atomic E-state index is 0.0128. The van der Waals surface area contributed by atoms with Crippen molar-refractivity contribution >= 4 is 20.1 Å². The largest absolute Gasteiger partial charge is 0.466 e. The molecule has 0 aliphatic carbocycles. The average Bonchev–Trinajstić information content (AvgIpc) is 2.78. The van der Waals surface area contributed by atoms with Crippen molar-refractivity contribution in [3.63, 3.8) is 0 Å². The standard InChI is InChI=1S/C13H15FN3O3P/c1-3-20-11(18)7-21-13-15-12(17(19)16-13)9-5-4-8(2)6-10(9)14/h4-6,19,21H,3,7H2,1-2H3. The Morgan fingerprint density at radius 2 is 2.29 bits per heavy atom. The third-order valence-electron chi connectivity index (χ3n) is 2.65. The van der Waals surface area contributed by atoms with E-state index in [4.69, 9.17) is 4.74 Å². The highest BCUT2D eigenvalue weighted by atomic mass is 31.1. The van der Waals surface area contributed by atoms with Crippen molar-refractivity contribution in [3.8, 4) is 11.4 Å². The fraction of sp³-hybridized carbons (Fsp3) is 0.308. The Morgan fingerprint density at radius 1 is 1.52 bits per heavy atom. The first-order chi connectivity index (χ1) is 10.0. The molecule has 0 aliphatic heterocycles. The molecular weight excluding hydrogens is 296 g/mol. The molecule has 0 spiro atoms. The van der Waals surface area contributed by atoms with Gasteiger partial charge in [0.15, 0.2) is 5.57 Å². The van der Waals surface area contributed by atoms with Crippen LogP contribution in [0.5, 0.6) is 0 Å². The molecule has 1 aromatic carbocycles. The smallest absolute Gasteiger partial charge is 0.310 e. The second-order valence-electron chi connectivity index (χ2n) is 4.29. The molecule has 0 fully saturated rings. The maximum Gasteiger partial charge on any atom is 0.310 e. The quantitative estimate of drug-likeness (QED) is 0.514. The number of aryl methyl sites for hydroxylation is 1. The molecule has 112 valence electrons. The SMILES string of the molecule is CCOC(=O)CPc1nc(-c2ccc(C)cc2F)n(O)n1. The number of carbonyl (C=O) groups excluding carboxylic acids is 1. The summed E-state index contributed by atoms with van der Waals surface area (Å²) < 4.78 is 18.7. The maximum absolute atomic E-state index is 13.9. The molecule has 1 N–H and O–H groups in total. The summed E-state index contributed by atoms with van der Waals surface area (Å²) in [5.74, 6) is -0.829. The highest BCUT2D eigenvalue weighted by molar-refractivity contribution is 7.47. The second-order valence-corrected chi connectivity index (χ2v) is 5.44. The van der Waals surface area contributed by atoms with Crippen LogP contribution in [0.25, 0.3) is 11.4 Å². The minimum atomic E-state index is -0.488. The van der Waals surface area contributed by atoms with Gasteiger partial charge in [0, 0.05) is 0 Å². The first kappa shape index (κ1) is 15.4. The molecule has 1 aromatic heterocycles. The molecule has 0 radical (unpaired) electrons.